The summed E-state index contributed by atoms with van der Waals surface area (Å²) in [5.41, 5.74) is 6.51. The van der Waals surface area contributed by atoms with Crippen LogP contribution in [0.25, 0.3) is 10.6 Å². The molecule has 0 radical (unpaired) electrons. The molecule has 0 bridgehead atoms. The van der Waals surface area contributed by atoms with Gasteiger partial charge in [-0.2, -0.15) is 0 Å². The molecule has 1 saturated carbocycles. The van der Waals surface area contributed by atoms with Crippen molar-refractivity contribution in [2.24, 2.45) is 11.7 Å². The first-order valence-electron chi connectivity index (χ1n) is 7.68. The first-order chi connectivity index (χ1) is 11.1. The highest BCUT2D eigenvalue weighted by Crippen LogP contribution is 2.39. The topological polar surface area (TPSA) is 77.2 Å². The van der Waals surface area contributed by atoms with Gasteiger partial charge in [-0.3, -0.25) is 4.79 Å². The summed E-state index contributed by atoms with van der Waals surface area (Å²) >= 11 is 1.39. The maximum Gasteiger partial charge on any atom is 0.263 e. The lowest BCUT2D eigenvalue weighted by Gasteiger charge is -2.29. The number of rotatable bonds is 6. The van der Waals surface area contributed by atoms with Gasteiger partial charge < -0.3 is 15.8 Å². The SMILES string of the molecule is COc1ccc(-c2ncc(C(=O)NC(C)(CN)C3CC3)s2)cc1. The summed E-state index contributed by atoms with van der Waals surface area (Å²) in [6.07, 6.45) is 3.89. The fourth-order valence-electron chi connectivity index (χ4n) is 2.61. The van der Waals surface area contributed by atoms with E-state index in [0.717, 1.165) is 29.2 Å². The van der Waals surface area contributed by atoms with Crippen LogP contribution in [0.1, 0.15) is 29.4 Å². The van der Waals surface area contributed by atoms with Crippen LogP contribution < -0.4 is 15.8 Å². The molecule has 122 valence electrons. The number of benzene rings is 1. The van der Waals surface area contributed by atoms with Gasteiger partial charge in [-0.1, -0.05) is 0 Å². The third-order valence-corrected chi connectivity index (χ3v) is 5.41. The second kappa shape index (κ2) is 6.29. The van der Waals surface area contributed by atoms with Crippen molar-refractivity contribution < 1.29 is 9.53 Å². The molecule has 0 spiro atoms. The Morgan fingerprint density at radius 2 is 2.13 bits per heavy atom. The zero-order valence-corrected chi connectivity index (χ0v) is 14.2. The maximum absolute atomic E-state index is 12.5. The molecule has 1 fully saturated rings. The van der Waals surface area contributed by atoms with Crippen LogP contribution in [0, 0.1) is 5.92 Å². The first-order valence-corrected chi connectivity index (χ1v) is 8.50. The zero-order chi connectivity index (χ0) is 16.4. The molecule has 0 aliphatic heterocycles. The molecule has 1 atom stereocenters. The Hall–Kier alpha value is -1.92. The predicted molar refractivity (Wildman–Crippen MR) is 91.8 cm³/mol. The summed E-state index contributed by atoms with van der Waals surface area (Å²) in [6, 6.07) is 7.64. The molecule has 1 amide bonds. The van der Waals surface area contributed by atoms with Gasteiger partial charge in [0.1, 0.15) is 15.6 Å². The Morgan fingerprint density at radius 3 is 2.70 bits per heavy atom. The number of ether oxygens (including phenoxy) is 1. The van der Waals surface area contributed by atoms with Gasteiger partial charge in [-0.15, -0.1) is 11.3 Å². The van der Waals surface area contributed by atoms with Gasteiger partial charge in [0.2, 0.25) is 0 Å². The minimum atomic E-state index is -0.318. The normalized spacial score (nSPS) is 16.7. The summed E-state index contributed by atoms with van der Waals surface area (Å²) in [5.74, 6) is 1.19. The number of nitrogens with two attached hydrogens (primary N) is 1. The Bertz CT molecular complexity index is 694. The number of carbonyl (C=O) groups excluding carboxylic acids is 1. The van der Waals surface area contributed by atoms with Crippen molar-refractivity contribution in [3.05, 3.63) is 35.3 Å². The number of hydrogen-bond donors (Lipinski definition) is 2. The van der Waals surface area contributed by atoms with Crippen molar-refractivity contribution >= 4 is 17.2 Å². The van der Waals surface area contributed by atoms with Crippen molar-refractivity contribution in [3.8, 4) is 16.3 Å². The van der Waals surface area contributed by atoms with Crippen LogP contribution >= 0.6 is 11.3 Å². The van der Waals surface area contributed by atoms with Crippen molar-refractivity contribution in [2.75, 3.05) is 13.7 Å². The number of carbonyl (C=O) groups is 1. The van der Waals surface area contributed by atoms with E-state index < -0.39 is 0 Å². The number of thiazole rings is 1. The van der Waals surface area contributed by atoms with Gasteiger partial charge in [0.15, 0.2) is 0 Å². The lowest BCUT2D eigenvalue weighted by atomic mass is 9.96. The Kier molecular flexibility index (Phi) is 4.37. The molecule has 1 unspecified atom stereocenters. The lowest BCUT2D eigenvalue weighted by Crippen LogP contribution is -2.53. The maximum atomic E-state index is 12.5. The molecule has 1 aliphatic carbocycles. The van der Waals surface area contributed by atoms with Gasteiger partial charge in [0, 0.05) is 12.1 Å². The minimum absolute atomic E-state index is 0.0953. The number of aromatic nitrogens is 1. The summed E-state index contributed by atoms with van der Waals surface area (Å²) in [4.78, 5) is 17.5. The number of nitrogens with one attached hydrogen (secondary N) is 1. The van der Waals surface area contributed by atoms with Crippen LogP contribution in [0.3, 0.4) is 0 Å². The first kappa shape index (κ1) is 16.0. The molecule has 1 aromatic carbocycles. The molecular formula is C17H21N3O2S. The molecule has 0 saturated heterocycles. The second-order valence-corrected chi connectivity index (χ2v) is 7.14. The van der Waals surface area contributed by atoms with E-state index in [1.54, 1.807) is 13.3 Å². The highest BCUT2D eigenvalue weighted by Gasteiger charge is 2.41. The summed E-state index contributed by atoms with van der Waals surface area (Å²) in [6.45, 7) is 2.47. The summed E-state index contributed by atoms with van der Waals surface area (Å²) in [5, 5.41) is 3.91. The Balaban J connectivity index is 1.74. The smallest absolute Gasteiger partial charge is 0.263 e. The summed E-state index contributed by atoms with van der Waals surface area (Å²) < 4.78 is 5.15. The number of methoxy groups -OCH3 is 1. The third-order valence-electron chi connectivity index (χ3n) is 4.37. The highest BCUT2D eigenvalue weighted by atomic mass is 32.1. The van der Waals surface area contributed by atoms with Crippen LogP contribution in [0.5, 0.6) is 5.75 Å². The molecule has 2 aromatic rings. The minimum Gasteiger partial charge on any atom is -0.497 e. The largest absolute Gasteiger partial charge is 0.497 e. The van der Waals surface area contributed by atoms with E-state index in [0.29, 0.717) is 17.3 Å². The number of amides is 1. The van der Waals surface area contributed by atoms with Crippen molar-refractivity contribution in [1.82, 2.24) is 10.3 Å². The van der Waals surface area contributed by atoms with E-state index in [1.165, 1.54) is 11.3 Å². The lowest BCUT2D eigenvalue weighted by molar-refractivity contribution is 0.0902. The quantitative estimate of drug-likeness (QED) is 0.853. The van der Waals surface area contributed by atoms with Crippen LogP contribution in [0.4, 0.5) is 0 Å². The molecule has 3 rings (SSSR count). The van der Waals surface area contributed by atoms with Gasteiger partial charge in [0.25, 0.3) is 5.91 Å². The average molecular weight is 331 g/mol. The van der Waals surface area contributed by atoms with Crippen LogP contribution in [-0.2, 0) is 0 Å². The fourth-order valence-corrected chi connectivity index (χ4v) is 3.42. The molecule has 1 aliphatic rings. The molecule has 5 nitrogen and oxygen atoms in total. The molecule has 1 heterocycles. The number of nitrogens with zero attached hydrogens (tertiary/aromatic N) is 1. The van der Waals surface area contributed by atoms with E-state index >= 15 is 0 Å². The van der Waals surface area contributed by atoms with Gasteiger partial charge in [0.05, 0.1) is 18.8 Å². The van der Waals surface area contributed by atoms with E-state index in [9.17, 15) is 4.79 Å². The van der Waals surface area contributed by atoms with Gasteiger partial charge >= 0.3 is 0 Å². The van der Waals surface area contributed by atoms with Gasteiger partial charge in [-0.05, 0) is 49.9 Å². The average Bonchev–Trinajstić information content (AvgIpc) is 3.32. The molecular weight excluding hydrogens is 310 g/mol. The zero-order valence-electron chi connectivity index (χ0n) is 13.3. The highest BCUT2D eigenvalue weighted by molar-refractivity contribution is 7.16. The molecule has 23 heavy (non-hydrogen) atoms. The van der Waals surface area contributed by atoms with E-state index in [4.69, 9.17) is 10.5 Å². The van der Waals surface area contributed by atoms with E-state index in [-0.39, 0.29) is 11.4 Å². The van der Waals surface area contributed by atoms with Crippen LogP contribution in [0.15, 0.2) is 30.5 Å². The van der Waals surface area contributed by atoms with Crippen molar-refractivity contribution in [1.29, 1.82) is 0 Å². The molecule has 6 heteroatoms. The van der Waals surface area contributed by atoms with E-state index in [2.05, 4.69) is 10.3 Å². The predicted octanol–water partition coefficient (Wildman–Crippen LogP) is 2.68. The Labute approximate surface area is 139 Å². The third kappa shape index (κ3) is 3.38. The molecule has 1 aromatic heterocycles. The molecule has 3 N–H and O–H groups in total. The second-order valence-electron chi connectivity index (χ2n) is 6.11. The summed E-state index contributed by atoms with van der Waals surface area (Å²) in [7, 11) is 1.63. The van der Waals surface area contributed by atoms with Crippen molar-refractivity contribution in [3.63, 3.8) is 0 Å². The van der Waals surface area contributed by atoms with E-state index in [1.807, 2.05) is 31.2 Å². The fraction of sp³-hybridized carbons (Fsp3) is 0.412. The van der Waals surface area contributed by atoms with Crippen LogP contribution in [0.2, 0.25) is 0 Å². The van der Waals surface area contributed by atoms with Crippen LogP contribution in [-0.4, -0.2) is 30.1 Å². The standard InChI is InChI=1S/C17H21N3O2S/c1-17(10-18,12-5-6-12)20-15(21)14-9-19-16(23-14)11-3-7-13(22-2)8-4-11/h3-4,7-9,12H,5-6,10,18H2,1-2H3,(H,20,21). The number of hydrogen-bond acceptors (Lipinski definition) is 5. The van der Waals surface area contributed by atoms with Gasteiger partial charge in [-0.25, -0.2) is 4.98 Å². The van der Waals surface area contributed by atoms with Crippen molar-refractivity contribution in [2.45, 2.75) is 25.3 Å². The monoisotopic (exact) mass is 331 g/mol. The Morgan fingerprint density at radius 1 is 1.43 bits per heavy atom.